The average molecular weight is 242 g/mol. The van der Waals surface area contributed by atoms with E-state index in [1.165, 1.54) is 29.9 Å². The molecule has 4 nitrogen and oxygen atoms in total. The van der Waals surface area contributed by atoms with Crippen molar-refractivity contribution in [3.63, 3.8) is 0 Å². The summed E-state index contributed by atoms with van der Waals surface area (Å²) in [5.41, 5.74) is 3.63. The molecule has 18 heavy (non-hydrogen) atoms. The van der Waals surface area contributed by atoms with Gasteiger partial charge in [-0.05, 0) is 31.4 Å². The van der Waals surface area contributed by atoms with E-state index in [0.717, 1.165) is 25.1 Å². The van der Waals surface area contributed by atoms with Gasteiger partial charge in [-0.25, -0.2) is 0 Å². The lowest BCUT2D eigenvalue weighted by Crippen LogP contribution is -2.04. The maximum atomic E-state index is 4.64. The highest BCUT2D eigenvalue weighted by molar-refractivity contribution is 5.49. The molecule has 0 atom stereocenters. The summed E-state index contributed by atoms with van der Waals surface area (Å²) in [6, 6.07) is 6.04. The minimum absolute atomic E-state index is 0.825. The summed E-state index contributed by atoms with van der Waals surface area (Å²) in [5, 5.41) is 8.12. The first-order chi connectivity index (χ1) is 8.84. The zero-order valence-electron chi connectivity index (χ0n) is 10.7. The fourth-order valence-corrected chi connectivity index (χ4v) is 2.56. The van der Waals surface area contributed by atoms with Crippen LogP contribution in [0, 0.1) is 0 Å². The molecule has 0 bridgehead atoms. The molecule has 0 amide bonds. The van der Waals surface area contributed by atoms with Gasteiger partial charge >= 0.3 is 0 Å². The first-order valence-corrected chi connectivity index (χ1v) is 6.53. The van der Waals surface area contributed by atoms with E-state index in [1.54, 1.807) is 0 Å². The predicted octanol–water partition coefficient (Wildman–Crippen LogP) is 2.15. The zero-order valence-corrected chi connectivity index (χ0v) is 10.7. The highest BCUT2D eigenvalue weighted by Crippen LogP contribution is 2.25. The summed E-state index contributed by atoms with van der Waals surface area (Å²) in [7, 11) is 2.01. The second-order valence-electron chi connectivity index (χ2n) is 4.78. The van der Waals surface area contributed by atoms with Crippen LogP contribution < -0.4 is 5.32 Å². The first-order valence-electron chi connectivity index (χ1n) is 6.53. The predicted molar refractivity (Wildman–Crippen MR) is 71.7 cm³/mol. The molecule has 0 unspecified atom stereocenters. The standard InChI is InChI=1S/C14H18N4/c1-18-14-12(7-3-5-9-16-14)13(17-18)10-11-6-2-4-8-15-11/h2,4,6,8,16H,3,5,7,9-10H2,1H3. The van der Waals surface area contributed by atoms with Gasteiger partial charge in [-0.3, -0.25) is 9.67 Å². The Kier molecular flexibility index (Phi) is 3.00. The normalized spacial score (nSPS) is 14.7. The molecule has 3 heterocycles. The molecule has 1 aliphatic rings. The Bertz CT molecular complexity index is 530. The van der Waals surface area contributed by atoms with Crippen LogP contribution in [0.5, 0.6) is 0 Å². The van der Waals surface area contributed by atoms with Crippen molar-refractivity contribution >= 4 is 5.82 Å². The second-order valence-corrected chi connectivity index (χ2v) is 4.78. The largest absolute Gasteiger partial charge is 0.370 e. The Balaban J connectivity index is 1.93. The number of pyridine rings is 1. The minimum atomic E-state index is 0.825. The Morgan fingerprint density at radius 1 is 1.33 bits per heavy atom. The number of aryl methyl sites for hydroxylation is 1. The van der Waals surface area contributed by atoms with Crippen molar-refractivity contribution in [1.82, 2.24) is 14.8 Å². The molecule has 0 radical (unpaired) electrons. The summed E-state index contributed by atoms with van der Waals surface area (Å²) < 4.78 is 1.97. The molecule has 1 N–H and O–H groups in total. The summed E-state index contributed by atoms with van der Waals surface area (Å²) >= 11 is 0. The molecule has 1 aliphatic heterocycles. The Hall–Kier alpha value is -1.84. The van der Waals surface area contributed by atoms with E-state index in [2.05, 4.69) is 21.5 Å². The molecule has 0 fully saturated rings. The molecule has 2 aromatic heterocycles. The average Bonchev–Trinajstić information content (AvgIpc) is 2.59. The van der Waals surface area contributed by atoms with E-state index in [1.807, 2.05) is 30.1 Å². The molecule has 3 rings (SSSR count). The fourth-order valence-electron chi connectivity index (χ4n) is 2.56. The van der Waals surface area contributed by atoms with Gasteiger partial charge in [0.25, 0.3) is 0 Å². The van der Waals surface area contributed by atoms with Crippen LogP contribution in [0.3, 0.4) is 0 Å². The van der Waals surface area contributed by atoms with Crippen LogP contribution in [0.2, 0.25) is 0 Å². The van der Waals surface area contributed by atoms with Crippen molar-refractivity contribution in [3.8, 4) is 0 Å². The van der Waals surface area contributed by atoms with Gasteiger partial charge in [-0.15, -0.1) is 0 Å². The monoisotopic (exact) mass is 242 g/mol. The maximum absolute atomic E-state index is 4.64. The number of anilines is 1. The van der Waals surface area contributed by atoms with Gasteiger partial charge in [-0.2, -0.15) is 5.10 Å². The summed E-state index contributed by atoms with van der Waals surface area (Å²) in [6.07, 6.45) is 6.26. The number of fused-ring (bicyclic) bond motifs is 1. The lowest BCUT2D eigenvalue weighted by molar-refractivity contribution is 0.733. The van der Waals surface area contributed by atoms with E-state index in [9.17, 15) is 0 Å². The molecule has 0 saturated carbocycles. The molecule has 2 aromatic rings. The summed E-state index contributed by atoms with van der Waals surface area (Å²) in [6.45, 7) is 1.05. The third-order valence-electron chi connectivity index (χ3n) is 3.45. The van der Waals surface area contributed by atoms with Crippen LogP contribution in [-0.4, -0.2) is 21.3 Å². The molecule has 0 aliphatic carbocycles. The molecule has 0 aromatic carbocycles. The maximum Gasteiger partial charge on any atom is 0.127 e. The van der Waals surface area contributed by atoms with Gasteiger partial charge in [0.05, 0.1) is 5.69 Å². The number of aromatic nitrogens is 3. The smallest absolute Gasteiger partial charge is 0.127 e. The van der Waals surface area contributed by atoms with E-state index in [-0.39, 0.29) is 0 Å². The zero-order chi connectivity index (χ0) is 12.4. The Labute approximate surface area is 107 Å². The van der Waals surface area contributed by atoms with Crippen molar-refractivity contribution in [1.29, 1.82) is 0 Å². The molecule has 0 saturated heterocycles. The molecular formula is C14H18N4. The summed E-state index contributed by atoms with van der Waals surface area (Å²) in [5.74, 6) is 1.19. The van der Waals surface area contributed by atoms with Gasteiger partial charge in [0.15, 0.2) is 0 Å². The number of rotatable bonds is 2. The number of nitrogens with zero attached hydrogens (tertiary/aromatic N) is 3. The Morgan fingerprint density at radius 2 is 2.28 bits per heavy atom. The fraction of sp³-hybridized carbons (Fsp3) is 0.429. The highest BCUT2D eigenvalue weighted by atomic mass is 15.3. The van der Waals surface area contributed by atoms with Crippen LogP contribution in [0.25, 0.3) is 0 Å². The highest BCUT2D eigenvalue weighted by Gasteiger charge is 2.18. The van der Waals surface area contributed by atoms with E-state index in [0.29, 0.717) is 0 Å². The third-order valence-corrected chi connectivity index (χ3v) is 3.45. The van der Waals surface area contributed by atoms with Gasteiger partial charge in [0, 0.05) is 37.5 Å². The van der Waals surface area contributed by atoms with Crippen molar-refractivity contribution in [3.05, 3.63) is 41.3 Å². The second kappa shape index (κ2) is 4.80. The lowest BCUT2D eigenvalue weighted by atomic mass is 10.1. The lowest BCUT2D eigenvalue weighted by Gasteiger charge is -2.03. The number of nitrogens with one attached hydrogen (secondary N) is 1. The summed E-state index contributed by atoms with van der Waals surface area (Å²) in [4.78, 5) is 4.39. The third kappa shape index (κ3) is 2.10. The van der Waals surface area contributed by atoms with Crippen LogP contribution >= 0.6 is 0 Å². The SMILES string of the molecule is Cn1nc(Cc2ccccn2)c2c1NCCCC2. The Morgan fingerprint density at radius 3 is 3.11 bits per heavy atom. The van der Waals surface area contributed by atoms with Crippen LogP contribution in [0.15, 0.2) is 24.4 Å². The van der Waals surface area contributed by atoms with Crippen molar-refractivity contribution < 1.29 is 0 Å². The van der Waals surface area contributed by atoms with Gasteiger partial charge in [-0.1, -0.05) is 6.07 Å². The van der Waals surface area contributed by atoms with Gasteiger partial charge < -0.3 is 5.32 Å². The van der Waals surface area contributed by atoms with Crippen molar-refractivity contribution in [2.75, 3.05) is 11.9 Å². The van der Waals surface area contributed by atoms with Crippen molar-refractivity contribution in [2.24, 2.45) is 7.05 Å². The van der Waals surface area contributed by atoms with E-state index >= 15 is 0 Å². The minimum Gasteiger partial charge on any atom is -0.370 e. The molecule has 4 heteroatoms. The quantitative estimate of drug-likeness (QED) is 0.877. The molecular weight excluding hydrogens is 224 g/mol. The van der Waals surface area contributed by atoms with Gasteiger partial charge in [0.2, 0.25) is 0 Å². The topological polar surface area (TPSA) is 42.7 Å². The molecule has 94 valence electrons. The van der Waals surface area contributed by atoms with E-state index in [4.69, 9.17) is 0 Å². The first kappa shape index (κ1) is 11.3. The number of hydrogen-bond donors (Lipinski definition) is 1. The van der Waals surface area contributed by atoms with Crippen molar-refractivity contribution in [2.45, 2.75) is 25.7 Å². The van der Waals surface area contributed by atoms with E-state index < -0.39 is 0 Å². The number of hydrogen-bond acceptors (Lipinski definition) is 3. The molecule has 0 spiro atoms. The van der Waals surface area contributed by atoms with Crippen LogP contribution in [0.4, 0.5) is 5.82 Å². The van der Waals surface area contributed by atoms with Crippen LogP contribution in [0.1, 0.15) is 29.8 Å². The van der Waals surface area contributed by atoms with Crippen LogP contribution in [-0.2, 0) is 19.9 Å². The van der Waals surface area contributed by atoms with Gasteiger partial charge in [0.1, 0.15) is 5.82 Å².